The molecule has 0 N–H and O–H groups in total. The van der Waals surface area contributed by atoms with Crippen LogP contribution in [0.25, 0.3) is 10.6 Å². The van der Waals surface area contributed by atoms with Crippen LogP contribution >= 0.6 is 11.3 Å². The van der Waals surface area contributed by atoms with Crippen LogP contribution in [-0.2, 0) is 17.8 Å². The van der Waals surface area contributed by atoms with Crippen LogP contribution in [0, 0.1) is 5.82 Å². The lowest BCUT2D eigenvalue weighted by Crippen LogP contribution is -2.27. The van der Waals surface area contributed by atoms with E-state index in [1.54, 1.807) is 24.1 Å². The number of rotatable bonds is 6. The SMILES string of the molecule is COc1ccc(CN(C)C(=O)Cc2csc(-c3ccccc3)n2)cc1F. The Kier molecular flexibility index (Phi) is 5.63. The molecular formula is C20H19FN2O2S. The molecule has 1 aromatic heterocycles. The highest BCUT2D eigenvalue weighted by Crippen LogP contribution is 2.24. The zero-order chi connectivity index (χ0) is 18.5. The van der Waals surface area contributed by atoms with Gasteiger partial charge in [-0.1, -0.05) is 36.4 Å². The molecule has 1 amide bonds. The van der Waals surface area contributed by atoms with Gasteiger partial charge in [0.05, 0.1) is 19.2 Å². The summed E-state index contributed by atoms with van der Waals surface area (Å²) in [6, 6.07) is 14.6. The maximum atomic E-state index is 13.8. The Hall–Kier alpha value is -2.73. The second-order valence-electron chi connectivity index (χ2n) is 5.91. The summed E-state index contributed by atoms with van der Waals surface area (Å²) >= 11 is 1.52. The first-order valence-corrected chi connectivity index (χ1v) is 9.01. The first kappa shape index (κ1) is 18.1. The fraction of sp³-hybridized carbons (Fsp3) is 0.200. The summed E-state index contributed by atoms with van der Waals surface area (Å²) in [6.07, 6.45) is 0.221. The molecule has 0 atom stereocenters. The molecule has 0 saturated carbocycles. The second-order valence-corrected chi connectivity index (χ2v) is 6.76. The number of carbonyl (C=O) groups is 1. The summed E-state index contributed by atoms with van der Waals surface area (Å²) in [5.41, 5.74) is 2.49. The largest absolute Gasteiger partial charge is 0.494 e. The van der Waals surface area contributed by atoms with E-state index >= 15 is 0 Å². The number of ether oxygens (including phenoxy) is 1. The molecule has 0 radical (unpaired) electrons. The van der Waals surface area contributed by atoms with Crippen LogP contribution < -0.4 is 4.74 Å². The molecule has 0 aliphatic carbocycles. The Labute approximate surface area is 155 Å². The Morgan fingerprint density at radius 3 is 2.69 bits per heavy atom. The van der Waals surface area contributed by atoms with E-state index in [0.717, 1.165) is 16.3 Å². The van der Waals surface area contributed by atoms with Crippen molar-refractivity contribution in [3.63, 3.8) is 0 Å². The number of nitrogens with zero attached hydrogens (tertiary/aromatic N) is 2. The van der Waals surface area contributed by atoms with Crippen LogP contribution in [0.15, 0.2) is 53.9 Å². The number of amides is 1. The van der Waals surface area contributed by atoms with E-state index < -0.39 is 5.82 Å². The van der Waals surface area contributed by atoms with Crippen LogP contribution in [0.1, 0.15) is 11.3 Å². The molecule has 6 heteroatoms. The quantitative estimate of drug-likeness (QED) is 0.654. The van der Waals surface area contributed by atoms with Gasteiger partial charge in [-0.05, 0) is 17.7 Å². The molecule has 3 rings (SSSR count). The van der Waals surface area contributed by atoms with Gasteiger partial charge in [-0.3, -0.25) is 4.79 Å². The molecule has 3 aromatic rings. The second kappa shape index (κ2) is 8.10. The van der Waals surface area contributed by atoms with E-state index in [-0.39, 0.29) is 18.1 Å². The Bertz CT molecular complexity index is 896. The molecule has 134 valence electrons. The van der Waals surface area contributed by atoms with Crippen molar-refractivity contribution in [1.82, 2.24) is 9.88 Å². The molecule has 26 heavy (non-hydrogen) atoms. The van der Waals surface area contributed by atoms with E-state index in [1.165, 1.54) is 24.5 Å². The smallest absolute Gasteiger partial charge is 0.228 e. The predicted octanol–water partition coefficient (Wildman–Crippen LogP) is 4.16. The van der Waals surface area contributed by atoms with Crippen molar-refractivity contribution < 1.29 is 13.9 Å². The van der Waals surface area contributed by atoms with Gasteiger partial charge in [0.2, 0.25) is 5.91 Å². The van der Waals surface area contributed by atoms with Crippen molar-refractivity contribution in [2.24, 2.45) is 0 Å². The lowest BCUT2D eigenvalue weighted by molar-refractivity contribution is -0.129. The molecule has 0 spiro atoms. The average molecular weight is 370 g/mol. The number of halogens is 1. The van der Waals surface area contributed by atoms with Gasteiger partial charge in [-0.2, -0.15) is 0 Å². The normalized spacial score (nSPS) is 10.6. The zero-order valence-electron chi connectivity index (χ0n) is 14.6. The summed E-state index contributed by atoms with van der Waals surface area (Å²) in [7, 11) is 3.13. The van der Waals surface area contributed by atoms with E-state index in [9.17, 15) is 9.18 Å². The van der Waals surface area contributed by atoms with Crippen LogP contribution in [0.2, 0.25) is 0 Å². The number of hydrogen-bond donors (Lipinski definition) is 0. The highest BCUT2D eigenvalue weighted by molar-refractivity contribution is 7.13. The summed E-state index contributed by atoms with van der Waals surface area (Å²) in [6.45, 7) is 0.329. The molecule has 0 unspecified atom stereocenters. The lowest BCUT2D eigenvalue weighted by atomic mass is 10.2. The molecule has 2 aromatic carbocycles. The van der Waals surface area contributed by atoms with Gasteiger partial charge in [0.1, 0.15) is 5.01 Å². The van der Waals surface area contributed by atoms with Gasteiger partial charge in [0.25, 0.3) is 0 Å². The maximum absolute atomic E-state index is 13.8. The molecule has 0 saturated heterocycles. The van der Waals surface area contributed by atoms with Crippen molar-refractivity contribution in [2.45, 2.75) is 13.0 Å². The third kappa shape index (κ3) is 4.26. The van der Waals surface area contributed by atoms with Crippen molar-refractivity contribution in [1.29, 1.82) is 0 Å². The minimum absolute atomic E-state index is 0.0638. The van der Waals surface area contributed by atoms with Gasteiger partial charge in [-0.25, -0.2) is 9.37 Å². The monoisotopic (exact) mass is 370 g/mol. The average Bonchev–Trinajstić information content (AvgIpc) is 3.11. The first-order chi connectivity index (χ1) is 12.6. The number of carbonyl (C=O) groups excluding carboxylic acids is 1. The van der Waals surface area contributed by atoms with Crippen molar-refractivity contribution in [3.8, 4) is 16.3 Å². The maximum Gasteiger partial charge on any atom is 0.228 e. The van der Waals surface area contributed by atoms with E-state index in [1.807, 2.05) is 35.7 Å². The van der Waals surface area contributed by atoms with Crippen molar-refractivity contribution in [3.05, 3.63) is 71.0 Å². The van der Waals surface area contributed by atoms with Gasteiger partial charge >= 0.3 is 0 Å². The minimum atomic E-state index is -0.433. The molecular weight excluding hydrogens is 351 g/mol. The van der Waals surface area contributed by atoms with Crippen LogP contribution in [0.3, 0.4) is 0 Å². The fourth-order valence-electron chi connectivity index (χ4n) is 2.56. The lowest BCUT2D eigenvalue weighted by Gasteiger charge is -2.17. The standard InChI is InChI=1S/C20H19FN2O2S/c1-23(12-14-8-9-18(25-2)17(21)10-14)19(24)11-16-13-26-20(22-16)15-6-4-3-5-7-15/h3-10,13H,11-12H2,1-2H3. The number of hydrogen-bond acceptors (Lipinski definition) is 4. The highest BCUT2D eigenvalue weighted by atomic mass is 32.1. The van der Waals surface area contributed by atoms with Gasteiger partial charge < -0.3 is 9.64 Å². The summed E-state index contributed by atoms with van der Waals surface area (Å²) in [5, 5.41) is 2.80. The van der Waals surface area contributed by atoms with Gasteiger partial charge in [0.15, 0.2) is 11.6 Å². The van der Waals surface area contributed by atoms with E-state index in [2.05, 4.69) is 4.98 Å². The molecule has 0 bridgehead atoms. The summed E-state index contributed by atoms with van der Waals surface area (Å²) < 4.78 is 18.7. The van der Waals surface area contributed by atoms with Gasteiger partial charge in [-0.15, -0.1) is 11.3 Å². The van der Waals surface area contributed by atoms with Crippen molar-refractivity contribution >= 4 is 17.2 Å². The van der Waals surface area contributed by atoms with Crippen LogP contribution in [-0.4, -0.2) is 29.9 Å². The summed E-state index contributed by atoms with van der Waals surface area (Å²) in [5.74, 6) is -0.303. The first-order valence-electron chi connectivity index (χ1n) is 8.13. The fourth-order valence-corrected chi connectivity index (χ4v) is 3.39. The number of thiazole rings is 1. The van der Waals surface area contributed by atoms with E-state index in [4.69, 9.17) is 4.74 Å². The molecule has 0 aliphatic heterocycles. The molecule has 0 fully saturated rings. The molecule has 1 heterocycles. The van der Waals surface area contributed by atoms with Gasteiger partial charge in [0, 0.05) is 24.5 Å². The van der Waals surface area contributed by atoms with E-state index in [0.29, 0.717) is 12.1 Å². The third-order valence-electron chi connectivity index (χ3n) is 3.97. The Balaban J connectivity index is 1.63. The van der Waals surface area contributed by atoms with Crippen LogP contribution in [0.5, 0.6) is 5.75 Å². The third-order valence-corrected chi connectivity index (χ3v) is 4.91. The number of methoxy groups -OCH3 is 1. The highest BCUT2D eigenvalue weighted by Gasteiger charge is 2.14. The topological polar surface area (TPSA) is 42.4 Å². The summed E-state index contributed by atoms with van der Waals surface area (Å²) in [4.78, 5) is 18.6. The predicted molar refractivity (Wildman–Crippen MR) is 101 cm³/mol. The molecule has 4 nitrogen and oxygen atoms in total. The number of likely N-dealkylation sites (N-methyl/N-ethyl adjacent to an activating group) is 1. The number of aromatic nitrogens is 1. The minimum Gasteiger partial charge on any atom is -0.494 e. The van der Waals surface area contributed by atoms with Crippen LogP contribution in [0.4, 0.5) is 4.39 Å². The van der Waals surface area contributed by atoms with Crippen molar-refractivity contribution in [2.75, 3.05) is 14.2 Å². The Morgan fingerprint density at radius 2 is 2.00 bits per heavy atom. The number of benzene rings is 2. The zero-order valence-corrected chi connectivity index (χ0v) is 15.4. The molecule has 0 aliphatic rings. The Morgan fingerprint density at radius 1 is 1.23 bits per heavy atom.